The summed E-state index contributed by atoms with van der Waals surface area (Å²) in [7, 11) is 0. The molecule has 0 aromatic carbocycles. The normalized spacial score (nSPS) is 12.4. The Morgan fingerprint density at radius 3 is 3.07 bits per heavy atom. The Balaban J connectivity index is 2.30. The van der Waals surface area contributed by atoms with Crippen molar-refractivity contribution in [2.75, 3.05) is 0 Å². The third-order valence-corrected chi connectivity index (χ3v) is 1.72. The summed E-state index contributed by atoms with van der Waals surface area (Å²) < 4.78 is 5.32. The van der Waals surface area contributed by atoms with Crippen molar-refractivity contribution >= 4 is 5.97 Å². The van der Waals surface area contributed by atoms with Gasteiger partial charge in [0.2, 0.25) is 0 Å². The summed E-state index contributed by atoms with van der Waals surface area (Å²) in [5, 5.41) is 8.49. The van der Waals surface area contributed by atoms with Crippen LogP contribution in [-0.4, -0.2) is 22.2 Å². The van der Waals surface area contributed by atoms with Gasteiger partial charge in [0.1, 0.15) is 0 Å². The third-order valence-electron chi connectivity index (χ3n) is 1.72. The van der Waals surface area contributed by atoms with Gasteiger partial charge in [0.05, 0.1) is 19.1 Å². The van der Waals surface area contributed by atoms with Crippen molar-refractivity contribution in [3.8, 4) is 0 Å². The van der Waals surface area contributed by atoms with Crippen LogP contribution in [0.15, 0.2) is 24.5 Å². The minimum absolute atomic E-state index is 0.0280. The average Bonchev–Trinajstić information content (AvgIpc) is 2.15. The van der Waals surface area contributed by atoms with Crippen LogP contribution in [-0.2, 0) is 16.1 Å². The van der Waals surface area contributed by atoms with Gasteiger partial charge in [-0.05, 0) is 18.6 Å². The van der Waals surface area contributed by atoms with E-state index in [0.29, 0.717) is 6.61 Å². The summed E-state index contributed by atoms with van der Waals surface area (Å²) in [4.78, 5) is 14.3. The number of ether oxygens (including phenoxy) is 1. The van der Waals surface area contributed by atoms with Gasteiger partial charge >= 0.3 is 5.97 Å². The lowest BCUT2D eigenvalue weighted by molar-refractivity contribution is -0.140. The number of aliphatic carboxylic acids is 1. The van der Waals surface area contributed by atoms with Gasteiger partial charge in [-0.2, -0.15) is 0 Å². The van der Waals surface area contributed by atoms with E-state index in [9.17, 15) is 4.79 Å². The molecule has 0 radical (unpaired) electrons. The molecule has 0 fully saturated rings. The lowest BCUT2D eigenvalue weighted by atomic mass is 10.3. The fourth-order valence-electron chi connectivity index (χ4n) is 1.03. The van der Waals surface area contributed by atoms with Crippen LogP contribution < -0.4 is 0 Å². The second-order valence-corrected chi connectivity index (χ2v) is 3.08. The zero-order chi connectivity index (χ0) is 10.4. The van der Waals surface area contributed by atoms with Crippen molar-refractivity contribution < 1.29 is 14.6 Å². The maximum atomic E-state index is 10.3. The van der Waals surface area contributed by atoms with Crippen LogP contribution in [0.5, 0.6) is 0 Å². The molecule has 0 aliphatic carbocycles. The fraction of sp³-hybridized carbons (Fsp3) is 0.400. The quantitative estimate of drug-likeness (QED) is 0.772. The first-order chi connectivity index (χ1) is 6.68. The van der Waals surface area contributed by atoms with Gasteiger partial charge in [-0.15, -0.1) is 0 Å². The van der Waals surface area contributed by atoms with Crippen molar-refractivity contribution in [1.82, 2.24) is 4.98 Å². The lowest BCUT2D eigenvalue weighted by Crippen LogP contribution is -2.13. The van der Waals surface area contributed by atoms with Gasteiger partial charge in [-0.25, -0.2) is 0 Å². The number of pyridine rings is 1. The molecule has 0 saturated carbocycles. The first-order valence-corrected chi connectivity index (χ1v) is 4.41. The van der Waals surface area contributed by atoms with E-state index in [1.807, 2.05) is 12.1 Å². The maximum absolute atomic E-state index is 10.3. The first kappa shape index (κ1) is 10.7. The van der Waals surface area contributed by atoms with Crippen LogP contribution in [0.4, 0.5) is 0 Å². The van der Waals surface area contributed by atoms with Crippen molar-refractivity contribution in [2.24, 2.45) is 0 Å². The molecule has 76 valence electrons. The standard InChI is InChI=1S/C10H13NO3/c1-8(5-10(12)13)14-7-9-3-2-4-11-6-9/h2-4,6,8H,5,7H2,1H3,(H,12,13)/t8-/m1/s1. The highest BCUT2D eigenvalue weighted by Crippen LogP contribution is 2.03. The topological polar surface area (TPSA) is 59.4 Å². The van der Waals surface area contributed by atoms with Crippen molar-refractivity contribution in [3.63, 3.8) is 0 Å². The third kappa shape index (κ3) is 4.00. The molecule has 14 heavy (non-hydrogen) atoms. The van der Waals surface area contributed by atoms with Crippen LogP contribution in [0, 0.1) is 0 Å². The van der Waals surface area contributed by atoms with E-state index in [-0.39, 0.29) is 12.5 Å². The monoisotopic (exact) mass is 195 g/mol. The Morgan fingerprint density at radius 2 is 2.50 bits per heavy atom. The van der Waals surface area contributed by atoms with E-state index in [1.165, 1.54) is 0 Å². The molecular weight excluding hydrogens is 182 g/mol. The van der Waals surface area contributed by atoms with E-state index in [2.05, 4.69) is 4.98 Å². The molecule has 0 unspecified atom stereocenters. The molecule has 4 heteroatoms. The summed E-state index contributed by atoms with van der Waals surface area (Å²) in [5.74, 6) is -0.844. The number of rotatable bonds is 5. The predicted molar refractivity (Wildman–Crippen MR) is 50.7 cm³/mol. The summed E-state index contributed by atoms with van der Waals surface area (Å²) >= 11 is 0. The molecular formula is C10H13NO3. The molecule has 1 N–H and O–H groups in total. The van der Waals surface area contributed by atoms with E-state index in [1.54, 1.807) is 19.3 Å². The second kappa shape index (κ2) is 5.34. The zero-order valence-corrected chi connectivity index (χ0v) is 8.01. The maximum Gasteiger partial charge on any atom is 0.305 e. The molecule has 4 nitrogen and oxygen atoms in total. The number of hydrogen-bond donors (Lipinski definition) is 1. The van der Waals surface area contributed by atoms with Gasteiger partial charge in [-0.1, -0.05) is 6.07 Å². The number of aromatic nitrogens is 1. The highest BCUT2D eigenvalue weighted by Gasteiger charge is 2.07. The van der Waals surface area contributed by atoms with E-state index in [0.717, 1.165) is 5.56 Å². The van der Waals surface area contributed by atoms with Gasteiger partial charge in [-0.3, -0.25) is 9.78 Å². The Kier molecular flexibility index (Phi) is 4.07. The minimum Gasteiger partial charge on any atom is -0.481 e. The van der Waals surface area contributed by atoms with E-state index in [4.69, 9.17) is 9.84 Å². The van der Waals surface area contributed by atoms with Crippen LogP contribution >= 0.6 is 0 Å². The number of carboxylic acid groups (broad SMARTS) is 1. The van der Waals surface area contributed by atoms with Crippen LogP contribution in [0.2, 0.25) is 0 Å². The summed E-state index contributed by atoms with van der Waals surface area (Å²) in [6, 6.07) is 3.71. The molecule has 0 spiro atoms. The average molecular weight is 195 g/mol. The molecule has 1 aromatic rings. The fourth-order valence-corrected chi connectivity index (χ4v) is 1.03. The Bertz CT molecular complexity index is 287. The summed E-state index contributed by atoms with van der Waals surface area (Å²) in [5.41, 5.74) is 0.949. The molecule has 0 amide bonds. The largest absolute Gasteiger partial charge is 0.481 e. The van der Waals surface area contributed by atoms with Gasteiger partial charge in [0, 0.05) is 12.4 Å². The minimum atomic E-state index is -0.844. The van der Waals surface area contributed by atoms with Gasteiger partial charge in [0.25, 0.3) is 0 Å². The van der Waals surface area contributed by atoms with Crippen molar-refractivity contribution in [2.45, 2.75) is 26.1 Å². The molecule has 0 saturated heterocycles. The highest BCUT2D eigenvalue weighted by atomic mass is 16.5. The number of nitrogens with zero attached hydrogens (tertiary/aromatic N) is 1. The first-order valence-electron chi connectivity index (χ1n) is 4.41. The number of carbonyl (C=O) groups is 1. The summed E-state index contributed by atoms with van der Waals surface area (Å²) in [6.45, 7) is 2.15. The molecule has 1 rings (SSSR count). The van der Waals surface area contributed by atoms with E-state index < -0.39 is 5.97 Å². The van der Waals surface area contributed by atoms with Crippen LogP contribution in [0.3, 0.4) is 0 Å². The van der Waals surface area contributed by atoms with E-state index >= 15 is 0 Å². The molecule has 1 atom stereocenters. The highest BCUT2D eigenvalue weighted by molar-refractivity contribution is 5.67. The molecule has 1 heterocycles. The predicted octanol–water partition coefficient (Wildman–Crippen LogP) is 1.46. The smallest absolute Gasteiger partial charge is 0.305 e. The molecule has 0 aliphatic heterocycles. The SMILES string of the molecule is C[C@H](CC(=O)O)OCc1cccnc1. The van der Waals surface area contributed by atoms with Crippen molar-refractivity contribution in [3.05, 3.63) is 30.1 Å². The van der Waals surface area contributed by atoms with Crippen molar-refractivity contribution in [1.29, 1.82) is 0 Å². The number of hydrogen-bond acceptors (Lipinski definition) is 3. The summed E-state index contributed by atoms with van der Waals surface area (Å²) in [6.07, 6.45) is 3.14. The molecule has 0 aliphatic rings. The number of carboxylic acids is 1. The Labute approximate surface area is 82.5 Å². The lowest BCUT2D eigenvalue weighted by Gasteiger charge is -2.09. The zero-order valence-electron chi connectivity index (χ0n) is 8.01. The molecule has 1 aromatic heterocycles. The molecule has 0 bridgehead atoms. The van der Waals surface area contributed by atoms with Crippen LogP contribution in [0.1, 0.15) is 18.9 Å². The van der Waals surface area contributed by atoms with Crippen LogP contribution in [0.25, 0.3) is 0 Å². The Hall–Kier alpha value is -1.42. The second-order valence-electron chi connectivity index (χ2n) is 3.08. The Morgan fingerprint density at radius 1 is 1.71 bits per heavy atom. The van der Waals surface area contributed by atoms with Gasteiger partial charge in [0.15, 0.2) is 0 Å². The van der Waals surface area contributed by atoms with Gasteiger partial charge < -0.3 is 9.84 Å².